The average molecular weight is 295 g/mol. The van der Waals surface area contributed by atoms with Crippen molar-refractivity contribution in [3.63, 3.8) is 0 Å². The third kappa shape index (κ3) is 2.89. The van der Waals surface area contributed by atoms with Gasteiger partial charge in [-0.3, -0.25) is 0 Å². The Morgan fingerprint density at radius 2 is 1.77 bits per heavy atom. The second-order valence-electron chi connectivity index (χ2n) is 5.82. The van der Waals surface area contributed by atoms with E-state index >= 15 is 0 Å². The topological polar surface area (TPSA) is 50.1 Å². The van der Waals surface area contributed by atoms with E-state index in [1.54, 1.807) is 0 Å². The number of imidazole rings is 1. The summed E-state index contributed by atoms with van der Waals surface area (Å²) in [5, 5.41) is 13.9. The lowest BCUT2D eigenvalue weighted by Gasteiger charge is -2.24. The minimum absolute atomic E-state index is 0.472. The van der Waals surface area contributed by atoms with Gasteiger partial charge < -0.3 is 15.0 Å². The van der Waals surface area contributed by atoms with E-state index in [4.69, 9.17) is 0 Å². The molecule has 4 heteroatoms. The standard InChI is InChI=1S/C18H21N3O/c1-18(22,14-8-4-3-5-9-14)13-19-12-17-20-15-10-6-7-11-16(15)21(17)2/h3-11,19,22H,12-13H2,1-2H3. The Morgan fingerprint density at radius 3 is 2.50 bits per heavy atom. The van der Waals surface area contributed by atoms with Crippen LogP contribution in [0.1, 0.15) is 18.3 Å². The van der Waals surface area contributed by atoms with Gasteiger partial charge >= 0.3 is 0 Å². The van der Waals surface area contributed by atoms with Crippen LogP contribution in [-0.4, -0.2) is 21.2 Å². The third-order valence-electron chi connectivity index (χ3n) is 4.03. The number of nitrogens with zero attached hydrogens (tertiary/aromatic N) is 2. The van der Waals surface area contributed by atoms with Crippen molar-refractivity contribution in [2.45, 2.75) is 19.1 Å². The molecule has 1 unspecified atom stereocenters. The van der Waals surface area contributed by atoms with Crippen LogP contribution in [0.15, 0.2) is 54.6 Å². The minimum atomic E-state index is -0.897. The first kappa shape index (κ1) is 14.8. The van der Waals surface area contributed by atoms with E-state index in [0.29, 0.717) is 13.1 Å². The van der Waals surface area contributed by atoms with Gasteiger partial charge in [-0.25, -0.2) is 4.98 Å². The highest BCUT2D eigenvalue weighted by atomic mass is 16.3. The highest BCUT2D eigenvalue weighted by Gasteiger charge is 2.22. The van der Waals surface area contributed by atoms with Crippen LogP contribution in [0.2, 0.25) is 0 Å². The maximum absolute atomic E-state index is 10.6. The quantitative estimate of drug-likeness (QED) is 0.760. The molecule has 0 bridgehead atoms. The van der Waals surface area contributed by atoms with E-state index in [9.17, 15) is 5.11 Å². The highest BCUT2D eigenvalue weighted by molar-refractivity contribution is 5.75. The number of aryl methyl sites for hydroxylation is 1. The van der Waals surface area contributed by atoms with Gasteiger partial charge in [0.05, 0.1) is 23.2 Å². The maximum atomic E-state index is 10.6. The van der Waals surface area contributed by atoms with Crippen molar-refractivity contribution in [2.24, 2.45) is 7.05 Å². The zero-order chi connectivity index (χ0) is 15.6. The van der Waals surface area contributed by atoms with Crippen LogP contribution in [-0.2, 0) is 19.2 Å². The van der Waals surface area contributed by atoms with Crippen LogP contribution in [0.3, 0.4) is 0 Å². The molecule has 0 aliphatic carbocycles. The largest absolute Gasteiger partial charge is 0.384 e. The summed E-state index contributed by atoms with van der Waals surface area (Å²) >= 11 is 0. The van der Waals surface area contributed by atoms with Crippen LogP contribution in [0.5, 0.6) is 0 Å². The van der Waals surface area contributed by atoms with Crippen molar-refractivity contribution < 1.29 is 5.11 Å². The lowest BCUT2D eigenvalue weighted by atomic mass is 9.96. The van der Waals surface area contributed by atoms with Crippen molar-refractivity contribution in [1.82, 2.24) is 14.9 Å². The Morgan fingerprint density at radius 1 is 1.09 bits per heavy atom. The fourth-order valence-electron chi connectivity index (χ4n) is 2.67. The number of rotatable bonds is 5. The Hall–Kier alpha value is -2.17. The molecule has 2 N–H and O–H groups in total. The Kier molecular flexibility index (Phi) is 3.96. The number of aromatic nitrogens is 2. The molecular formula is C18H21N3O. The van der Waals surface area contributed by atoms with Crippen LogP contribution < -0.4 is 5.32 Å². The molecule has 1 atom stereocenters. The molecule has 0 spiro atoms. The Balaban J connectivity index is 1.68. The molecule has 2 aromatic carbocycles. The van der Waals surface area contributed by atoms with Crippen LogP contribution >= 0.6 is 0 Å². The molecule has 0 fully saturated rings. The molecule has 1 heterocycles. The van der Waals surface area contributed by atoms with Gasteiger partial charge in [0.1, 0.15) is 5.82 Å². The average Bonchev–Trinajstić information content (AvgIpc) is 2.85. The Labute approximate surface area is 130 Å². The zero-order valence-electron chi connectivity index (χ0n) is 13.0. The number of hydrogen-bond donors (Lipinski definition) is 2. The summed E-state index contributed by atoms with van der Waals surface area (Å²) in [7, 11) is 2.02. The third-order valence-corrected chi connectivity index (χ3v) is 4.03. The summed E-state index contributed by atoms with van der Waals surface area (Å²) in [5.41, 5.74) is 2.13. The number of aliphatic hydroxyl groups is 1. The molecule has 1 aromatic heterocycles. The first-order valence-electron chi connectivity index (χ1n) is 7.47. The monoisotopic (exact) mass is 295 g/mol. The molecule has 0 aliphatic heterocycles. The summed E-state index contributed by atoms with van der Waals surface area (Å²) in [6.07, 6.45) is 0. The van der Waals surface area contributed by atoms with Gasteiger partial charge in [0.15, 0.2) is 0 Å². The lowest BCUT2D eigenvalue weighted by Crippen LogP contribution is -2.35. The second kappa shape index (κ2) is 5.91. The van der Waals surface area contributed by atoms with Gasteiger partial charge in [-0.1, -0.05) is 42.5 Å². The summed E-state index contributed by atoms with van der Waals surface area (Å²) in [6, 6.07) is 17.8. The molecule has 3 rings (SSSR count). The molecule has 3 aromatic rings. The summed E-state index contributed by atoms with van der Waals surface area (Å²) in [6.45, 7) is 2.92. The number of fused-ring (bicyclic) bond motifs is 1. The van der Waals surface area contributed by atoms with Crippen molar-refractivity contribution in [3.05, 3.63) is 66.0 Å². The SMILES string of the molecule is Cn1c(CNCC(C)(O)c2ccccc2)nc2ccccc21. The van der Waals surface area contributed by atoms with Gasteiger partial charge in [-0.2, -0.15) is 0 Å². The van der Waals surface area contributed by atoms with Gasteiger partial charge in [0, 0.05) is 13.6 Å². The molecule has 0 radical (unpaired) electrons. The lowest BCUT2D eigenvalue weighted by molar-refractivity contribution is 0.0564. The molecule has 22 heavy (non-hydrogen) atoms. The van der Waals surface area contributed by atoms with Crippen LogP contribution in [0.25, 0.3) is 11.0 Å². The first-order chi connectivity index (χ1) is 10.6. The van der Waals surface area contributed by atoms with E-state index in [1.165, 1.54) is 0 Å². The number of nitrogens with one attached hydrogen (secondary N) is 1. The molecule has 0 saturated heterocycles. The van der Waals surface area contributed by atoms with Crippen molar-refractivity contribution >= 4 is 11.0 Å². The maximum Gasteiger partial charge on any atom is 0.123 e. The summed E-state index contributed by atoms with van der Waals surface area (Å²) in [5.74, 6) is 0.963. The number of para-hydroxylation sites is 2. The van der Waals surface area contributed by atoms with Gasteiger partial charge in [-0.15, -0.1) is 0 Å². The second-order valence-corrected chi connectivity index (χ2v) is 5.82. The zero-order valence-corrected chi connectivity index (χ0v) is 13.0. The van der Waals surface area contributed by atoms with E-state index in [0.717, 1.165) is 22.4 Å². The minimum Gasteiger partial charge on any atom is -0.384 e. The summed E-state index contributed by atoms with van der Waals surface area (Å²) in [4.78, 5) is 4.62. The van der Waals surface area contributed by atoms with E-state index < -0.39 is 5.60 Å². The van der Waals surface area contributed by atoms with Crippen molar-refractivity contribution in [2.75, 3.05) is 6.54 Å². The van der Waals surface area contributed by atoms with Gasteiger partial charge in [0.2, 0.25) is 0 Å². The highest BCUT2D eigenvalue weighted by Crippen LogP contribution is 2.19. The predicted octanol–water partition coefficient (Wildman–Crippen LogP) is 2.57. The molecule has 0 aliphatic rings. The first-order valence-corrected chi connectivity index (χ1v) is 7.47. The van der Waals surface area contributed by atoms with Crippen molar-refractivity contribution in [1.29, 1.82) is 0 Å². The normalized spacial score (nSPS) is 14.1. The van der Waals surface area contributed by atoms with Crippen LogP contribution in [0.4, 0.5) is 0 Å². The van der Waals surface area contributed by atoms with Gasteiger partial charge in [-0.05, 0) is 24.6 Å². The molecule has 0 amide bonds. The Bertz CT molecular complexity index is 762. The smallest absolute Gasteiger partial charge is 0.123 e. The molecular weight excluding hydrogens is 274 g/mol. The van der Waals surface area contributed by atoms with E-state index in [-0.39, 0.29) is 0 Å². The van der Waals surface area contributed by atoms with Gasteiger partial charge in [0.25, 0.3) is 0 Å². The van der Waals surface area contributed by atoms with Crippen LogP contribution in [0, 0.1) is 0 Å². The molecule has 4 nitrogen and oxygen atoms in total. The number of benzene rings is 2. The fraction of sp³-hybridized carbons (Fsp3) is 0.278. The summed E-state index contributed by atoms with van der Waals surface area (Å²) < 4.78 is 2.08. The fourth-order valence-corrected chi connectivity index (χ4v) is 2.67. The number of hydrogen-bond acceptors (Lipinski definition) is 3. The van der Waals surface area contributed by atoms with E-state index in [2.05, 4.69) is 20.9 Å². The molecule has 114 valence electrons. The van der Waals surface area contributed by atoms with Crippen molar-refractivity contribution in [3.8, 4) is 0 Å². The predicted molar refractivity (Wildman–Crippen MR) is 88.4 cm³/mol. The molecule has 0 saturated carbocycles. The van der Waals surface area contributed by atoms with E-state index in [1.807, 2.05) is 62.5 Å².